The number of aromatic nitrogens is 2. The smallest absolute Gasteiger partial charge is 0.258 e. The maximum Gasteiger partial charge on any atom is 0.258 e. The number of rotatable bonds is 3. The van der Waals surface area contributed by atoms with Crippen LogP contribution < -0.4 is 21.1 Å². The van der Waals surface area contributed by atoms with Crippen molar-refractivity contribution in [3.63, 3.8) is 0 Å². The molecule has 1 aromatic heterocycles. The molecule has 0 aliphatic carbocycles. The molecule has 2 aromatic rings. The second-order valence-electron chi connectivity index (χ2n) is 6.76. The number of carbonyl (C=O) groups is 2. The highest BCUT2D eigenvalue weighted by molar-refractivity contribution is 6.36. The molecule has 10 heteroatoms. The maximum atomic E-state index is 12.8. The second-order valence-corrected chi connectivity index (χ2v) is 7.61. The zero-order valence-electron chi connectivity index (χ0n) is 14.7. The van der Waals surface area contributed by atoms with Gasteiger partial charge in [0.05, 0.1) is 22.2 Å². The summed E-state index contributed by atoms with van der Waals surface area (Å²) in [6.45, 7) is 1.57. The molecule has 1 aromatic carbocycles. The average molecular weight is 422 g/mol. The fourth-order valence-corrected chi connectivity index (χ4v) is 3.93. The van der Waals surface area contributed by atoms with Gasteiger partial charge in [0.1, 0.15) is 5.82 Å². The van der Waals surface area contributed by atoms with Crippen LogP contribution in [0.1, 0.15) is 30.7 Å². The lowest BCUT2D eigenvalue weighted by Crippen LogP contribution is -2.37. The van der Waals surface area contributed by atoms with Crippen LogP contribution >= 0.6 is 23.2 Å². The van der Waals surface area contributed by atoms with E-state index in [0.29, 0.717) is 16.7 Å². The Kier molecular flexibility index (Phi) is 4.99. The number of carbonyl (C=O) groups excluding carboxylic acids is 2. The van der Waals surface area contributed by atoms with Crippen LogP contribution in [0, 0.1) is 0 Å². The summed E-state index contributed by atoms with van der Waals surface area (Å²) in [4.78, 5) is 46.8. The third-order valence-electron chi connectivity index (χ3n) is 4.85. The van der Waals surface area contributed by atoms with E-state index in [1.54, 1.807) is 12.1 Å². The number of aromatic amines is 1. The Morgan fingerprint density at radius 1 is 1.21 bits per heavy atom. The summed E-state index contributed by atoms with van der Waals surface area (Å²) in [5, 5.41) is 5.97. The quantitative estimate of drug-likeness (QED) is 0.705. The van der Waals surface area contributed by atoms with Crippen LogP contribution in [0.25, 0.3) is 0 Å². The number of nitrogens with zero attached hydrogens (tertiary/aromatic N) is 2. The molecule has 0 bridgehead atoms. The Bertz CT molecular complexity index is 1020. The summed E-state index contributed by atoms with van der Waals surface area (Å²) in [5.74, 6) is -1.33. The summed E-state index contributed by atoms with van der Waals surface area (Å²) in [7, 11) is 0. The first-order valence-corrected chi connectivity index (χ1v) is 9.63. The summed E-state index contributed by atoms with van der Waals surface area (Å²) in [6.07, 6.45) is 1.87. The predicted molar refractivity (Wildman–Crippen MR) is 107 cm³/mol. The Labute approximate surface area is 170 Å². The molecule has 1 fully saturated rings. The molecule has 2 aliphatic rings. The second kappa shape index (κ2) is 7.44. The Morgan fingerprint density at radius 3 is 2.68 bits per heavy atom. The van der Waals surface area contributed by atoms with Crippen molar-refractivity contribution in [1.82, 2.24) is 9.97 Å². The number of H-pyrrole nitrogens is 1. The molecule has 1 saturated heterocycles. The molecular formula is C18H17Cl2N5O3. The van der Waals surface area contributed by atoms with Gasteiger partial charge >= 0.3 is 0 Å². The van der Waals surface area contributed by atoms with Crippen molar-refractivity contribution in [2.45, 2.75) is 25.2 Å². The van der Waals surface area contributed by atoms with Gasteiger partial charge in [-0.05, 0) is 31.0 Å². The van der Waals surface area contributed by atoms with Crippen LogP contribution in [-0.2, 0) is 9.59 Å². The van der Waals surface area contributed by atoms with E-state index < -0.39 is 17.4 Å². The molecular weight excluding hydrogens is 405 g/mol. The topological polar surface area (TPSA) is 107 Å². The molecule has 1 atom stereocenters. The fourth-order valence-electron chi connectivity index (χ4n) is 3.47. The number of fused-ring (bicyclic) bond motifs is 1. The zero-order valence-corrected chi connectivity index (χ0v) is 16.2. The lowest BCUT2D eigenvalue weighted by atomic mass is 9.92. The van der Waals surface area contributed by atoms with Gasteiger partial charge in [0.15, 0.2) is 0 Å². The van der Waals surface area contributed by atoms with Gasteiger partial charge in [0.2, 0.25) is 17.8 Å². The number of halogens is 2. The van der Waals surface area contributed by atoms with Gasteiger partial charge in [0, 0.05) is 24.5 Å². The number of hydrogen-bond acceptors (Lipinski definition) is 5. The van der Waals surface area contributed by atoms with Gasteiger partial charge < -0.3 is 15.5 Å². The van der Waals surface area contributed by atoms with Crippen molar-refractivity contribution in [3.05, 3.63) is 44.2 Å². The molecule has 8 nitrogen and oxygen atoms in total. The molecule has 28 heavy (non-hydrogen) atoms. The van der Waals surface area contributed by atoms with Crippen LogP contribution in [0.3, 0.4) is 0 Å². The van der Waals surface area contributed by atoms with Crippen molar-refractivity contribution < 1.29 is 9.59 Å². The van der Waals surface area contributed by atoms with E-state index in [1.807, 2.05) is 4.90 Å². The largest absolute Gasteiger partial charge is 0.342 e. The summed E-state index contributed by atoms with van der Waals surface area (Å²) < 4.78 is 0. The van der Waals surface area contributed by atoms with Crippen molar-refractivity contribution in [2.75, 3.05) is 28.6 Å². The molecule has 0 unspecified atom stereocenters. The highest BCUT2D eigenvalue weighted by atomic mass is 35.5. The molecule has 0 spiro atoms. The fraction of sp³-hybridized carbons (Fsp3) is 0.333. The maximum absolute atomic E-state index is 12.8. The molecule has 2 aliphatic heterocycles. The third kappa shape index (κ3) is 3.57. The van der Waals surface area contributed by atoms with Crippen LogP contribution in [0.4, 0.5) is 17.5 Å². The van der Waals surface area contributed by atoms with Gasteiger partial charge in [-0.15, -0.1) is 0 Å². The van der Waals surface area contributed by atoms with Crippen LogP contribution in [-0.4, -0.2) is 34.9 Å². The standard InChI is InChI=1S/C18H17Cl2N5O3/c19-9-3-4-12(11(20)7-9)21-16(27)10-8-13(26)22-15-14(10)17(28)24-18(23-15)25-5-1-2-6-25/h3-4,7,10H,1-2,5-6,8H2,(H,21,27)(H2,22,23,24,26,28)/t10-/m0/s1. The van der Waals surface area contributed by atoms with E-state index in [9.17, 15) is 14.4 Å². The first-order chi connectivity index (χ1) is 13.4. The molecule has 0 radical (unpaired) electrons. The number of hydrogen-bond donors (Lipinski definition) is 3. The molecule has 3 heterocycles. The minimum absolute atomic E-state index is 0.129. The Hall–Kier alpha value is -2.58. The first-order valence-electron chi connectivity index (χ1n) is 8.87. The number of benzene rings is 1. The van der Waals surface area contributed by atoms with Crippen molar-refractivity contribution >= 4 is 52.5 Å². The lowest BCUT2D eigenvalue weighted by molar-refractivity contribution is -0.123. The van der Waals surface area contributed by atoms with Crippen molar-refractivity contribution in [3.8, 4) is 0 Å². The van der Waals surface area contributed by atoms with Gasteiger partial charge in [-0.3, -0.25) is 19.4 Å². The molecule has 2 amide bonds. The van der Waals surface area contributed by atoms with E-state index in [1.165, 1.54) is 6.07 Å². The Balaban J connectivity index is 1.66. The summed E-state index contributed by atoms with van der Waals surface area (Å²) in [5.41, 5.74) is 0.0565. The molecule has 4 rings (SSSR count). The summed E-state index contributed by atoms with van der Waals surface area (Å²) >= 11 is 12.0. The van der Waals surface area contributed by atoms with Gasteiger partial charge in [0.25, 0.3) is 5.56 Å². The number of anilines is 3. The normalized spacial score (nSPS) is 18.6. The molecule has 3 N–H and O–H groups in total. The predicted octanol–water partition coefficient (Wildman–Crippen LogP) is 2.74. The zero-order chi connectivity index (χ0) is 19.8. The average Bonchev–Trinajstić information content (AvgIpc) is 3.17. The van der Waals surface area contributed by atoms with Crippen LogP contribution in [0.2, 0.25) is 10.0 Å². The number of amides is 2. The Morgan fingerprint density at radius 2 is 1.96 bits per heavy atom. The van der Waals surface area contributed by atoms with E-state index in [2.05, 4.69) is 20.6 Å². The third-order valence-corrected chi connectivity index (χ3v) is 5.40. The lowest BCUT2D eigenvalue weighted by Gasteiger charge is -2.25. The summed E-state index contributed by atoms with van der Waals surface area (Å²) in [6, 6.07) is 4.64. The van der Waals surface area contributed by atoms with Crippen molar-refractivity contribution in [1.29, 1.82) is 0 Å². The van der Waals surface area contributed by atoms with Gasteiger partial charge in [-0.1, -0.05) is 23.2 Å². The highest BCUT2D eigenvalue weighted by Crippen LogP contribution is 2.32. The van der Waals surface area contributed by atoms with Crippen LogP contribution in [0.15, 0.2) is 23.0 Å². The molecule has 0 saturated carbocycles. The first kappa shape index (κ1) is 18.8. The minimum atomic E-state index is -0.973. The molecule has 146 valence electrons. The van der Waals surface area contributed by atoms with Gasteiger partial charge in [-0.25, -0.2) is 0 Å². The minimum Gasteiger partial charge on any atom is -0.342 e. The monoisotopic (exact) mass is 421 g/mol. The van der Waals surface area contributed by atoms with E-state index in [0.717, 1.165) is 25.9 Å². The SMILES string of the molecule is O=C1C[C@H](C(=O)Nc2ccc(Cl)cc2Cl)c2c(nc(N3CCCC3)[nH]c2=O)N1. The van der Waals surface area contributed by atoms with Crippen molar-refractivity contribution in [2.24, 2.45) is 0 Å². The van der Waals surface area contributed by atoms with Gasteiger partial charge in [-0.2, -0.15) is 4.98 Å². The van der Waals surface area contributed by atoms with E-state index >= 15 is 0 Å². The number of nitrogens with one attached hydrogen (secondary N) is 3. The highest BCUT2D eigenvalue weighted by Gasteiger charge is 2.35. The van der Waals surface area contributed by atoms with E-state index in [4.69, 9.17) is 23.2 Å². The van der Waals surface area contributed by atoms with E-state index in [-0.39, 0.29) is 28.7 Å². The van der Waals surface area contributed by atoms with Crippen LogP contribution in [0.5, 0.6) is 0 Å².